The maximum absolute atomic E-state index is 12.5. The number of nitriles is 1. The molecule has 0 atom stereocenters. The largest absolute Gasteiger partial charge is 0.435 e. The number of nitrogens with zero attached hydrogens (tertiary/aromatic N) is 2. The molecule has 0 fully saturated rings. The molecule has 0 aliphatic carbocycles. The Bertz CT molecular complexity index is 759. The van der Waals surface area contributed by atoms with Gasteiger partial charge in [-0.3, -0.25) is 4.98 Å². The van der Waals surface area contributed by atoms with Gasteiger partial charge in [0.05, 0.1) is 16.8 Å². The summed E-state index contributed by atoms with van der Waals surface area (Å²) in [6.45, 7) is -2.95. The quantitative estimate of drug-likeness (QED) is 0.595. The molecule has 1 aromatic carbocycles. The van der Waals surface area contributed by atoms with E-state index >= 15 is 0 Å². The molecule has 2 aromatic rings. The van der Waals surface area contributed by atoms with Gasteiger partial charge in [0.1, 0.15) is 11.8 Å². The molecule has 0 bridgehead atoms. The number of allylic oxidation sites excluding steroid dienone is 1. The standard InChI is InChI=1S/C16H9F5N2O/c17-15(18)24-13-4-1-10(2-5-13)7-11(8-22)14-6-3-12(9-23-14)16(19,20)21/h1-7,9,15H/b11-7+. The molecule has 1 aromatic heterocycles. The van der Waals surface area contributed by atoms with E-state index in [2.05, 4.69) is 9.72 Å². The number of halogens is 5. The first-order valence-electron chi connectivity index (χ1n) is 6.50. The monoisotopic (exact) mass is 340 g/mol. The van der Waals surface area contributed by atoms with Crippen LogP contribution in [-0.2, 0) is 6.18 Å². The molecule has 0 N–H and O–H groups in total. The van der Waals surface area contributed by atoms with Gasteiger partial charge in [-0.05, 0) is 35.9 Å². The third-order valence-electron chi connectivity index (χ3n) is 2.90. The Labute approximate surface area is 133 Å². The topological polar surface area (TPSA) is 45.9 Å². The van der Waals surface area contributed by atoms with Gasteiger partial charge in [-0.1, -0.05) is 12.1 Å². The van der Waals surface area contributed by atoms with Crippen LogP contribution in [-0.4, -0.2) is 11.6 Å². The average Bonchev–Trinajstić information content (AvgIpc) is 2.53. The fraction of sp³-hybridized carbons (Fsp3) is 0.125. The maximum Gasteiger partial charge on any atom is 0.417 e. The molecule has 0 saturated carbocycles. The fourth-order valence-corrected chi connectivity index (χ4v) is 1.80. The van der Waals surface area contributed by atoms with Crippen LogP contribution in [0.3, 0.4) is 0 Å². The van der Waals surface area contributed by atoms with Crippen molar-refractivity contribution < 1.29 is 26.7 Å². The highest BCUT2D eigenvalue weighted by Gasteiger charge is 2.30. The number of hydrogen-bond acceptors (Lipinski definition) is 3. The van der Waals surface area contributed by atoms with Gasteiger partial charge >= 0.3 is 12.8 Å². The third-order valence-corrected chi connectivity index (χ3v) is 2.90. The van der Waals surface area contributed by atoms with Crippen LogP contribution in [0.5, 0.6) is 5.75 Å². The minimum atomic E-state index is -4.51. The third kappa shape index (κ3) is 4.52. The summed E-state index contributed by atoms with van der Waals surface area (Å²) in [4.78, 5) is 3.63. The lowest BCUT2D eigenvalue weighted by molar-refractivity contribution is -0.137. The number of alkyl halides is 5. The van der Waals surface area contributed by atoms with E-state index in [-0.39, 0.29) is 17.0 Å². The van der Waals surface area contributed by atoms with Crippen LogP contribution in [0.15, 0.2) is 42.6 Å². The normalized spacial score (nSPS) is 12.1. The van der Waals surface area contributed by atoms with E-state index in [0.29, 0.717) is 11.8 Å². The molecule has 0 radical (unpaired) electrons. The first-order valence-corrected chi connectivity index (χ1v) is 6.50. The van der Waals surface area contributed by atoms with Crippen molar-refractivity contribution in [2.24, 2.45) is 0 Å². The molecule has 0 aliphatic rings. The fourth-order valence-electron chi connectivity index (χ4n) is 1.80. The second-order valence-corrected chi connectivity index (χ2v) is 4.55. The van der Waals surface area contributed by atoms with Crippen LogP contribution in [0.1, 0.15) is 16.8 Å². The van der Waals surface area contributed by atoms with Crippen molar-refractivity contribution in [3.63, 3.8) is 0 Å². The first-order chi connectivity index (χ1) is 11.3. The Morgan fingerprint density at radius 2 is 1.79 bits per heavy atom. The molecule has 0 aliphatic heterocycles. The van der Waals surface area contributed by atoms with E-state index in [4.69, 9.17) is 5.26 Å². The molecule has 1 heterocycles. The summed E-state index contributed by atoms with van der Waals surface area (Å²) in [5.74, 6) is -0.0479. The zero-order valence-electron chi connectivity index (χ0n) is 11.9. The number of benzene rings is 1. The number of ether oxygens (including phenoxy) is 1. The van der Waals surface area contributed by atoms with Crippen LogP contribution in [0.2, 0.25) is 0 Å². The second kappa shape index (κ2) is 7.08. The lowest BCUT2D eigenvalue weighted by atomic mass is 10.1. The van der Waals surface area contributed by atoms with E-state index in [1.807, 2.05) is 6.07 Å². The van der Waals surface area contributed by atoms with Gasteiger partial charge in [0.2, 0.25) is 0 Å². The van der Waals surface area contributed by atoms with Gasteiger partial charge in [0.15, 0.2) is 0 Å². The Morgan fingerprint density at radius 3 is 2.25 bits per heavy atom. The molecule has 0 saturated heterocycles. The SMILES string of the molecule is N#C/C(=C\c1ccc(OC(F)F)cc1)c1ccc(C(F)(F)F)cn1. The molecular weight excluding hydrogens is 331 g/mol. The summed E-state index contributed by atoms with van der Waals surface area (Å²) < 4.78 is 65.8. The van der Waals surface area contributed by atoms with Crippen molar-refractivity contribution in [3.8, 4) is 11.8 Å². The molecule has 124 valence electrons. The van der Waals surface area contributed by atoms with E-state index in [9.17, 15) is 22.0 Å². The highest BCUT2D eigenvalue weighted by Crippen LogP contribution is 2.29. The van der Waals surface area contributed by atoms with Gasteiger partial charge in [-0.25, -0.2) is 0 Å². The molecule has 0 spiro atoms. The van der Waals surface area contributed by atoms with Gasteiger partial charge in [-0.2, -0.15) is 27.2 Å². The van der Waals surface area contributed by atoms with Crippen LogP contribution in [0.4, 0.5) is 22.0 Å². The second-order valence-electron chi connectivity index (χ2n) is 4.55. The minimum absolute atomic E-state index is 0.0336. The first kappa shape index (κ1) is 17.4. The molecule has 0 unspecified atom stereocenters. The van der Waals surface area contributed by atoms with Crippen LogP contribution >= 0.6 is 0 Å². The van der Waals surface area contributed by atoms with Gasteiger partial charge in [0.25, 0.3) is 0 Å². The van der Waals surface area contributed by atoms with Crippen molar-refractivity contribution in [1.82, 2.24) is 4.98 Å². The molecular formula is C16H9F5N2O. The smallest absolute Gasteiger partial charge is 0.417 e. The maximum atomic E-state index is 12.5. The number of hydrogen-bond donors (Lipinski definition) is 0. The van der Waals surface area contributed by atoms with Crippen molar-refractivity contribution in [2.45, 2.75) is 12.8 Å². The van der Waals surface area contributed by atoms with Crippen LogP contribution in [0.25, 0.3) is 11.6 Å². The predicted octanol–water partition coefficient (Wildman–Crippen LogP) is 4.77. The molecule has 8 heteroatoms. The highest BCUT2D eigenvalue weighted by molar-refractivity contribution is 5.88. The Kier molecular flexibility index (Phi) is 5.14. The Balaban J connectivity index is 2.24. The van der Waals surface area contributed by atoms with Gasteiger partial charge in [-0.15, -0.1) is 0 Å². The number of aromatic nitrogens is 1. The zero-order chi connectivity index (χ0) is 17.7. The van der Waals surface area contributed by atoms with Crippen molar-refractivity contribution in [3.05, 3.63) is 59.4 Å². The van der Waals surface area contributed by atoms with Crippen molar-refractivity contribution >= 4 is 11.6 Å². The van der Waals surface area contributed by atoms with Crippen LogP contribution < -0.4 is 4.74 Å². The Hall–Kier alpha value is -2.95. The number of rotatable bonds is 4. The molecule has 2 rings (SSSR count). The predicted molar refractivity (Wildman–Crippen MR) is 75.8 cm³/mol. The lowest BCUT2D eigenvalue weighted by Crippen LogP contribution is -2.05. The van der Waals surface area contributed by atoms with Crippen molar-refractivity contribution in [1.29, 1.82) is 5.26 Å². The highest BCUT2D eigenvalue weighted by atomic mass is 19.4. The van der Waals surface area contributed by atoms with Gasteiger partial charge in [0, 0.05) is 6.20 Å². The average molecular weight is 340 g/mol. The zero-order valence-corrected chi connectivity index (χ0v) is 11.9. The summed E-state index contributed by atoms with van der Waals surface area (Å²) in [5, 5.41) is 9.14. The molecule has 0 amide bonds. The van der Waals surface area contributed by atoms with Crippen molar-refractivity contribution in [2.75, 3.05) is 0 Å². The minimum Gasteiger partial charge on any atom is -0.435 e. The molecule has 24 heavy (non-hydrogen) atoms. The van der Waals surface area contributed by atoms with E-state index in [1.54, 1.807) is 0 Å². The summed E-state index contributed by atoms with van der Waals surface area (Å²) in [7, 11) is 0. The molecule has 3 nitrogen and oxygen atoms in total. The van der Waals surface area contributed by atoms with Gasteiger partial charge < -0.3 is 4.74 Å². The summed E-state index contributed by atoms with van der Waals surface area (Å²) >= 11 is 0. The summed E-state index contributed by atoms with van der Waals surface area (Å²) in [5.41, 5.74) is -0.337. The Morgan fingerprint density at radius 1 is 1.12 bits per heavy atom. The van der Waals surface area contributed by atoms with E-state index < -0.39 is 18.4 Å². The lowest BCUT2D eigenvalue weighted by Gasteiger charge is -2.06. The van der Waals surface area contributed by atoms with E-state index in [0.717, 1.165) is 12.1 Å². The van der Waals surface area contributed by atoms with Crippen LogP contribution in [0, 0.1) is 11.3 Å². The number of pyridine rings is 1. The summed E-state index contributed by atoms with van der Waals surface area (Å²) in [6, 6.07) is 9.18. The van der Waals surface area contributed by atoms with E-state index in [1.165, 1.54) is 30.3 Å². The summed E-state index contributed by atoms with van der Waals surface area (Å²) in [6.07, 6.45) is -2.50.